The van der Waals surface area contributed by atoms with E-state index in [4.69, 9.17) is 9.47 Å². The highest BCUT2D eigenvalue weighted by atomic mass is 16.5. The Bertz CT molecular complexity index is 740. The molecule has 1 aliphatic rings. The van der Waals surface area contributed by atoms with Crippen LogP contribution in [0.5, 0.6) is 11.5 Å². The minimum atomic E-state index is 0.0771. The molecule has 0 atom stereocenters. The van der Waals surface area contributed by atoms with E-state index in [1.807, 2.05) is 41.3 Å². The van der Waals surface area contributed by atoms with Crippen LogP contribution in [0.1, 0.15) is 15.9 Å². The predicted molar refractivity (Wildman–Crippen MR) is 102 cm³/mol. The molecule has 2 aromatic carbocycles. The van der Waals surface area contributed by atoms with Crippen molar-refractivity contribution in [3.8, 4) is 11.5 Å². The molecule has 5 heteroatoms. The summed E-state index contributed by atoms with van der Waals surface area (Å²) >= 11 is 0. The van der Waals surface area contributed by atoms with Gasteiger partial charge in [0.1, 0.15) is 11.5 Å². The fourth-order valence-corrected chi connectivity index (χ4v) is 3.30. The van der Waals surface area contributed by atoms with Crippen molar-refractivity contribution >= 4 is 5.91 Å². The van der Waals surface area contributed by atoms with Crippen molar-refractivity contribution in [2.24, 2.45) is 0 Å². The monoisotopic (exact) mass is 354 g/mol. The van der Waals surface area contributed by atoms with Gasteiger partial charge in [-0.1, -0.05) is 24.3 Å². The molecule has 0 spiro atoms. The maximum atomic E-state index is 12.7. The first-order chi connectivity index (χ1) is 12.7. The molecule has 1 saturated heterocycles. The summed E-state index contributed by atoms with van der Waals surface area (Å²) in [4.78, 5) is 17.0. The van der Waals surface area contributed by atoms with Gasteiger partial charge in [0.2, 0.25) is 0 Å². The molecule has 2 aromatic rings. The zero-order valence-corrected chi connectivity index (χ0v) is 15.5. The number of hydrogen-bond acceptors (Lipinski definition) is 4. The summed E-state index contributed by atoms with van der Waals surface area (Å²) in [7, 11) is 3.33. The molecular formula is C21H26N2O3. The van der Waals surface area contributed by atoms with Crippen LogP contribution in [-0.4, -0.2) is 62.7 Å². The number of piperazine rings is 1. The highest BCUT2D eigenvalue weighted by Gasteiger charge is 2.22. The van der Waals surface area contributed by atoms with Crippen LogP contribution >= 0.6 is 0 Å². The van der Waals surface area contributed by atoms with Crippen LogP contribution in [0.25, 0.3) is 0 Å². The van der Waals surface area contributed by atoms with Crippen LogP contribution in [-0.2, 0) is 6.42 Å². The third kappa shape index (κ3) is 4.35. The maximum absolute atomic E-state index is 12.7. The topological polar surface area (TPSA) is 42.0 Å². The van der Waals surface area contributed by atoms with Crippen molar-refractivity contribution in [1.82, 2.24) is 9.80 Å². The Labute approximate surface area is 155 Å². The van der Waals surface area contributed by atoms with Crippen molar-refractivity contribution < 1.29 is 14.3 Å². The Balaban J connectivity index is 1.51. The summed E-state index contributed by atoms with van der Waals surface area (Å²) in [6, 6.07) is 15.5. The van der Waals surface area contributed by atoms with E-state index in [-0.39, 0.29) is 5.91 Å². The van der Waals surface area contributed by atoms with Crippen molar-refractivity contribution in [3.63, 3.8) is 0 Å². The van der Waals surface area contributed by atoms with Gasteiger partial charge in [-0.25, -0.2) is 0 Å². The average molecular weight is 354 g/mol. The van der Waals surface area contributed by atoms with Crippen molar-refractivity contribution in [1.29, 1.82) is 0 Å². The van der Waals surface area contributed by atoms with Crippen LogP contribution in [0.15, 0.2) is 48.5 Å². The smallest absolute Gasteiger partial charge is 0.254 e. The van der Waals surface area contributed by atoms with E-state index in [0.717, 1.165) is 44.9 Å². The molecule has 5 nitrogen and oxygen atoms in total. The largest absolute Gasteiger partial charge is 0.497 e. The van der Waals surface area contributed by atoms with Gasteiger partial charge in [-0.15, -0.1) is 0 Å². The zero-order valence-electron chi connectivity index (χ0n) is 15.5. The summed E-state index contributed by atoms with van der Waals surface area (Å²) in [6.45, 7) is 4.27. The summed E-state index contributed by atoms with van der Waals surface area (Å²) in [5, 5.41) is 0. The molecule has 3 rings (SSSR count). The Morgan fingerprint density at radius 1 is 0.962 bits per heavy atom. The zero-order chi connectivity index (χ0) is 18.4. The van der Waals surface area contributed by atoms with Gasteiger partial charge in [-0.2, -0.15) is 0 Å². The molecule has 0 aromatic heterocycles. The lowest BCUT2D eigenvalue weighted by Crippen LogP contribution is -2.49. The van der Waals surface area contributed by atoms with E-state index in [0.29, 0.717) is 11.3 Å². The molecule has 1 amide bonds. The highest BCUT2D eigenvalue weighted by molar-refractivity contribution is 5.94. The molecule has 138 valence electrons. The molecule has 1 heterocycles. The number of benzene rings is 2. The molecule has 26 heavy (non-hydrogen) atoms. The average Bonchev–Trinajstić information content (AvgIpc) is 2.72. The van der Waals surface area contributed by atoms with Crippen molar-refractivity contribution in [2.75, 3.05) is 46.9 Å². The van der Waals surface area contributed by atoms with Crippen LogP contribution in [0.3, 0.4) is 0 Å². The number of para-hydroxylation sites is 1. The van der Waals surface area contributed by atoms with E-state index in [2.05, 4.69) is 11.0 Å². The molecule has 0 bridgehead atoms. The van der Waals surface area contributed by atoms with Gasteiger partial charge in [-0.05, 0) is 36.2 Å². The number of amides is 1. The first-order valence-electron chi connectivity index (χ1n) is 8.99. The lowest BCUT2D eigenvalue weighted by molar-refractivity contribution is 0.0638. The third-order valence-corrected chi connectivity index (χ3v) is 4.87. The van der Waals surface area contributed by atoms with E-state index < -0.39 is 0 Å². The van der Waals surface area contributed by atoms with Gasteiger partial charge < -0.3 is 14.4 Å². The predicted octanol–water partition coefficient (Wildman–Crippen LogP) is 2.70. The van der Waals surface area contributed by atoms with Crippen LogP contribution < -0.4 is 9.47 Å². The second-order valence-corrected chi connectivity index (χ2v) is 6.43. The summed E-state index contributed by atoms with van der Waals surface area (Å²) in [5.74, 6) is 1.74. The number of ether oxygens (including phenoxy) is 2. The van der Waals surface area contributed by atoms with Crippen LogP contribution in [0, 0.1) is 0 Å². The van der Waals surface area contributed by atoms with Crippen molar-refractivity contribution in [2.45, 2.75) is 6.42 Å². The number of nitrogens with zero attached hydrogens (tertiary/aromatic N) is 2. The fourth-order valence-electron chi connectivity index (χ4n) is 3.30. The summed E-state index contributed by atoms with van der Waals surface area (Å²) in [6.07, 6.45) is 0.952. The quantitative estimate of drug-likeness (QED) is 0.800. The Hall–Kier alpha value is -2.53. The number of methoxy groups -OCH3 is 2. The summed E-state index contributed by atoms with van der Waals surface area (Å²) < 4.78 is 10.6. The van der Waals surface area contributed by atoms with Crippen molar-refractivity contribution in [3.05, 3.63) is 59.7 Å². The number of carbonyl (C=O) groups excluding carboxylic acids is 1. The first kappa shape index (κ1) is 18.3. The molecule has 0 N–H and O–H groups in total. The second-order valence-electron chi connectivity index (χ2n) is 6.43. The fraction of sp³-hybridized carbons (Fsp3) is 0.381. The lowest BCUT2D eigenvalue weighted by atomic mass is 10.1. The highest BCUT2D eigenvalue weighted by Crippen LogP contribution is 2.19. The van der Waals surface area contributed by atoms with Gasteiger partial charge >= 0.3 is 0 Å². The van der Waals surface area contributed by atoms with E-state index >= 15 is 0 Å². The molecule has 0 saturated carbocycles. The van der Waals surface area contributed by atoms with E-state index in [1.165, 1.54) is 5.56 Å². The van der Waals surface area contributed by atoms with Gasteiger partial charge in [0.15, 0.2) is 0 Å². The van der Waals surface area contributed by atoms with E-state index in [1.54, 1.807) is 20.3 Å². The Morgan fingerprint density at radius 2 is 1.73 bits per heavy atom. The SMILES string of the molecule is COc1cccc(C(=O)N2CCN(CCc3ccccc3OC)CC2)c1. The lowest BCUT2D eigenvalue weighted by Gasteiger charge is -2.35. The molecule has 0 radical (unpaired) electrons. The van der Waals surface area contributed by atoms with Gasteiger partial charge in [0, 0.05) is 38.3 Å². The minimum Gasteiger partial charge on any atom is -0.497 e. The number of carbonyl (C=O) groups is 1. The maximum Gasteiger partial charge on any atom is 0.254 e. The third-order valence-electron chi connectivity index (χ3n) is 4.87. The number of hydrogen-bond donors (Lipinski definition) is 0. The van der Waals surface area contributed by atoms with Gasteiger partial charge in [0.05, 0.1) is 14.2 Å². The molecule has 1 aliphatic heterocycles. The molecule has 0 unspecified atom stereocenters. The molecular weight excluding hydrogens is 328 g/mol. The van der Waals surface area contributed by atoms with Gasteiger partial charge in [-0.3, -0.25) is 9.69 Å². The minimum absolute atomic E-state index is 0.0771. The Kier molecular flexibility index (Phi) is 6.12. The standard InChI is InChI=1S/C21H26N2O3/c1-25-19-8-5-7-18(16-19)21(24)23-14-12-22(13-15-23)11-10-17-6-3-4-9-20(17)26-2/h3-9,16H,10-15H2,1-2H3. The normalized spacial score (nSPS) is 14.9. The Morgan fingerprint density at radius 3 is 2.46 bits per heavy atom. The van der Waals surface area contributed by atoms with Crippen LogP contribution in [0.4, 0.5) is 0 Å². The first-order valence-corrected chi connectivity index (χ1v) is 8.99. The molecule has 0 aliphatic carbocycles. The van der Waals surface area contributed by atoms with Crippen LogP contribution in [0.2, 0.25) is 0 Å². The number of rotatable bonds is 6. The molecule has 1 fully saturated rings. The summed E-state index contributed by atoms with van der Waals surface area (Å²) in [5.41, 5.74) is 1.91. The van der Waals surface area contributed by atoms with Gasteiger partial charge in [0.25, 0.3) is 5.91 Å². The second kappa shape index (κ2) is 8.72. The van der Waals surface area contributed by atoms with E-state index in [9.17, 15) is 4.79 Å².